The summed E-state index contributed by atoms with van der Waals surface area (Å²) in [4.78, 5) is 19.5. The summed E-state index contributed by atoms with van der Waals surface area (Å²) < 4.78 is 0. The maximum absolute atomic E-state index is 11.9. The van der Waals surface area contributed by atoms with Gasteiger partial charge in [-0.05, 0) is 31.2 Å². The predicted octanol–water partition coefficient (Wildman–Crippen LogP) is 3.60. The molecule has 106 valence electrons. The van der Waals surface area contributed by atoms with Crippen molar-refractivity contribution in [1.29, 1.82) is 0 Å². The van der Waals surface area contributed by atoms with E-state index in [2.05, 4.69) is 15.3 Å². The molecule has 5 heteroatoms. The molecule has 0 atom stereocenters. The molecule has 0 radical (unpaired) electrons. The summed E-state index contributed by atoms with van der Waals surface area (Å²) >= 11 is 1.40. The normalized spacial score (nSPS) is 10.7. The summed E-state index contributed by atoms with van der Waals surface area (Å²) in [6.45, 7) is 2.02. The van der Waals surface area contributed by atoms with Gasteiger partial charge in [-0.3, -0.25) is 4.79 Å². The first-order valence-corrected chi connectivity index (χ1v) is 7.63. The molecule has 0 saturated carbocycles. The molecule has 3 rings (SSSR count). The highest BCUT2D eigenvalue weighted by Crippen LogP contribution is 2.19. The molecule has 2 N–H and O–H groups in total. The van der Waals surface area contributed by atoms with Gasteiger partial charge in [0.2, 0.25) is 5.91 Å². The number of benzene rings is 2. The van der Waals surface area contributed by atoms with E-state index in [1.54, 1.807) is 0 Å². The van der Waals surface area contributed by atoms with Crippen LogP contribution < -0.4 is 5.32 Å². The SMILES string of the molecule is Cc1ccc(NC(=O)CSc2nc3ccccc3[nH]2)cc1. The molecule has 0 bridgehead atoms. The van der Waals surface area contributed by atoms with E-state index in [9.17, 15) is 4.79 Å². The van der Waals surface area contributed by atoms with Crippen LogP contribution in [0.5, 0.6) is 0 Å². The fourth-order valence-corrected chi connectivity index (χ4v) is 2.65. The highest BCUT2D eigenvalue weighted by atomic mass is 32.2. The van der Waals surface area contributed by atoms with E-state index in [-0.39, 0.29) is 5.91 Å². The zero-order valence-corrected chi connectivity index (χ0v) is 12.4. The Kier molecular flexibility index (Phi) is 3.92. The molecule has 0 aliphatic heterocycles. The van der Waals surface area contributed by atoms with Gasteiger partial charge in [0, 0.05) is 5.69 Å². The Morgan fingerprint density at radius 3 is 2.71 bits per heavy atom. The number of fused-ring (bicyclic) bond motifs is 1. The minimum Gasteiger partial charge on any atom is -0.333 e. The molecule has 0 spiro atoms. The number of amides is 1. The molecule has 1 aromatic heterocycles. The molecular weight excluding hydrogens is 282 g/mol. The minimum absolute atomic E-state index is 0.0377. The highest BCUT2D eigenvalue weighted by molar-refractivity contribution is 7.99. The summed E-state index contributed by atoms with van der Waals surface area (Å²) in [5, 5.41) is 3.63. The number of imidazole rings is 1. The Labute approximate surface area is 127 Å². The molecular formula is C16H15N3OS. The van der Waals surface area contributed by atoms with Gasteiger partial charge < -0.3 is 10.3 Å². The van der Waals surface area contributed by atoms with Gasteiger partial charge in [0.25, 0.3) is 0 Å². The van der Waals surface area contributed by atoms with E-state index in [0.29, 0.717) is 5.75 Å². The number of thioether (sulfide) groups is 1. The summed E-state index contributed by atoms with van der Waals surface area (Å²) in [6, 6.07) is 15.6. The number of aromatic amines is 1. The standard InChI is InChI=1S/C16H15N3OS/c1-11-6-8-12(9-7-11)17-15(20)10-21-16-18-13-4-2-3-5-14(13)19-16/h2-9H,10H2,1H3,(H,17,20)(H,18,19). The number of aromatic nitrogens is 2. The topological polar surface area (TPSA) is 57.8 Å². The molecule has 3 aromatic rings. The number of H-pyrrole nitrogens is 1. The van der Waals surface area contributed by atoms with Gasteiger partial charge in [-0.1, -0.05) is 41.6 Å². The minimum atomic E-state index is -0.0377. The molecule has 1 heterocycles. The van der Waals surface area contributed by atoms with Gasteiger partial charge in [0.15, 0.2) is 5.16 Å². The van der Waals surface area contributed by atoms with Crippen molar-refractivity contribution in [2.45, 2.75) is 12.1 Å². The average Bonchev–Trinajstić information content (AvgIpc) is 2.90. The van der Waals surface area contributed by atoms with E-state index < -0.39 is 0 Å². The van der Waals surface area contributed by atoms with Gasteiger partial charge in [0.05, 0.1) is 16.8 Å². The maximum atomic E-state index is 11.9. The van der Waals surface area contributed by atoms with Crippen LogP contribution in [-0.4, -0.2) is 21.6 Å². The molecule has 2 aromatic carbocycles. The number of anilines is 1. The Bertz CT molecular complexity index is 732. The number of rotatable bonds is 4. The van der Waals surface area contributed by atoms with Crippen molar-refractivity contribution < 1.29 is 4.79 Å². The van der Waals surface area contributed by atoms with Crippen molar-refractivity contribution in [1.82, 2.24) is 9.97 Å². The number of aryl methyl sites for hydroxylation is 1. The third-order valence-electron chi connectivity index (χ3n) is 3.04. The van der Waals surface area contributed by atoms with E-state index in [0.717, 1.165) is 21.9 Å². The fraction of sp³-hybridized carbons (Fsp3) is 0.125. The first kappa shape index (κ1) is 13.7. The van der Waals surface area contributed by atoms with Crippen molar-refractivity contribution in [3.05, 3.63) is 54.1 Å². The fourth-order valence-electron chi connectivity index (χ4n) is 1.97. The zero-order valence-electron chi connectivity index (χ0n) is 11.6. The number of carbonyl (C=O) groups excluding carboxylic acids is 1. The molecule has 0 aliphatic rings. The zero-order chi connectivity index (χ0) is 14.7. The van der Waals surface area contributed by atoms with Gasteiger partial charge in [-0.15, -0.1) is 0 Å². The van der Waals surface area contributed by atoms with Gasteiger partial charge in [-0.25, -0.2) is 4.98 Å². The van der Waals surface area contributed by atoms with E-state index >= 15 is 0 Å². The van der Waals surface area contributed by atoms with Gasteiger partial charge in [-0.2, -0.15) is 0 Å². The lowest BCUT2D eigenvalue weighted by atomic mass is 10.2. The van der Waals surface area contributed by atoms with Crippen molar-refractivity contribution in [2.75, 3.05) is 11.1 Å². The van der Waals surface area contributed by atoms with Crippen molar-refractivity contribution >= 4 is 34.4 Å². The second-order valence-corrected chi connectivity index (χ2v) is 5.73. The van der Waals surface area contributed by atoms with Crippen LogP contribution >= 0.6 is 11.8 Å². The van der Waals surface area contributed by atoms with Crippen LogP contribution in [0.1, 0.15) is 5.56 Å². The molecule has 4 nitrogen and oxygen atoms in total. The second kappa shape index (κ2) is 6.01. The van der Waals surface area contributed by atoms with Crippen molar-refractivity contribution in [3.8, 4) is 0 Å². The summed E-state index contributed by atoms with van der Waals surface area (Å²) in [6.07, 6.45) is 0. The molecule has 21 heavy (non-hydrogen) atoms. The number of hydrogen-bond donors (Lipinski definition) is 2. The molecule has 0 fully saturated rings. The smallest absolute Gasteiger partial charge is 0.234 e. The van der Waals surface area contributed by atoms with E-state index in [1.807, 2.05) is 55.5 Å². The monoisotopic (exact) mass is 297 g/mol. The van der Waals surface area contributed by atoms with E-state index in [4.69, 9.17) is 0 Å². The summed E-state index contributed by atoms with van der Waals surface area (Å²) in [5.41, 5.74) is 3.89. The lowest BCUT2D eigenvalue weighted by molar-refractivity contribution is -0.113. The van der Waals surface area contributed by atoms with Crippen LogP contribution in [0, 0.1) is 6.92 Å². The Morgan fingerprint density at radius 2 is 1.95 bits per heavy atom. The lowest BCUT2D eigenvalue weighted by Crippen LogP contribution is -2.14. The maximum Gasteiger partial charge on any atom is 0.234 e. The van der Waals surface area contributed by atoms with Crippen molar-refractivity contribution in [3.63, 3.8) is 0 Å². The average molecular weight is 297 g/mol. The largest absolute Gasteiger partial charge is 0.333 e. The highest BCUT2D eigenvalue weighted by Gasteiger charge is 2.07. The molecule has 0 saturated heterocycles. The number of hydrogen-bond acceptors (Lipinski definition) is 3. The van der Waals surface area contributed by atoms with Crippen molar-refractivity contribution in [2.24, 2.45) is 0 Å². The lowest BCUT2D eigenvalue weighted by Gasteiger charge is -2.04. The molecule has 0 unspecified atom stereocenters. The van der Waals surface area contributed by atoms with Crippen LogP contribution in [0.15, 0.2) is 53.7 Å². The van der Waals surface area contributed by atoms with Crippen LogP contribution in [0.2, 0.25) is 0 Å². The van der Waals surface area contributed by atoms with Crippen LogP contribution in [0.25, 0.3) is 11.0 Å². The van der Waals surface area contributed by atoms with Crippen LogP contribution in [0.4, 0.5) is 5.69 Å². The first-order chi connectivity index (χ1) is 10.2. The number of nitrogens with one attached hydrogen (secondary N) is 2. The summed E-state index contributed by atoms with van der Waals surface area (Å²) in [7, 11) is 0. The number of carbonyl (C=O) groups is 1. The van der Waals surface area contributed by atoms with Crippen LogP contribution in [0.3, 0.4) is 0 Å². The number of para-hydroxylation sites is 2. The van der Waals surface area contributed by atoms with Crippen LogP contribution in [-0.2, 0) is 4.79 Å². The van der Waals surface area contributed by atoms with Gasteiger partial charge in [0.1, 0.15) is 0 Å². The van der Waals surface area contributed by atoms with E-state index in [1.165, 1.54) is 17.3 Å². The molecule has 1 amide bonds. The predicted molar refractivity (Wildman–Crippen MR) is 86.6 cm³/mol. The third kappa shape index (κ3) is 3.44. The Balaban J connectivity index is 1.59. The first-order valence-electron chi connectivity index (χ1n) is 6.65. The second-order valence-electron chi connectivity index (χ2n) is 4.76. The molecule has 0 aliphatic carbocycles. The quantitative estimate of drug-likeness (QED) is 0.723. The Morgan fingerprint density at radius 1 is 1.19 bits per heavy atom. The number of nitrogens with zero attached hydrogens (tertiary/aromatic N) is 1. The Hall–Kier alpha value is -2.27. The third-order valence-corrected chi connectivity index (χ3v) is 3.92. The van der Waals surface area contributed by atoms with Gasteiger partial charge >= 0.3 is 0 Å². The summed E-state index contributed by atoms with van der Waals surface area (Å²) in [5.74, 6) is 0.289.